The second kappa shape index (κ2) is 9.27. The SMILES string of the molecule is CNCc1cccc(OC)n1.Cc1cnn([C@H]2CCCNC2)c1. The molecule has 0 aliphatic carbocycles. The quantitative estimate of drug-likeness (QED) is 0.902. The average Bonchev–Trinajstić information content (AvgIpc) is 3.03. The van der Waals surface area contributed by atoms with Crippen LogP contribution in [0.15, 0.2) is 30.6 Å². The van der Waals surface area contributed by atoms with E-state index in [-0.39, 0.29) is 0 Å². The first-order valence-electron chi connectivity index (χ1n) is 8.09. The lowest BCUT2D eigenvalue weighted by molar-refractivity contribution is 0.346. The Labute approximate surface area is 138 Å². The Kier molecular flexibility index (Phi) is 7.03. The summed E-state index contributed by atoms with van der Waals surface area (Å²) in [7, 11) is 3.51. The molecule has 3 rings (SSSR count). The number of aryl methyl sites for hydroxylation is 1. The molecule has 0 aromatic carbocycles. The maximum Gasteiger partial charge on any atom is 0.213 e. The molecule has 1 saturated heterocycles. The summed E-state index contributed by atoms with van der Waals surface area (Å²) in [6, 6.07) is 6.30. The van der Waals surface area contributed by atoms with Gasteiger partial charge in [0, 0.05) is 25.4 Å². The number of ether oxygens (including phenoxy) is 1. The van der Waals surface area contributed by atoms with E-state index in [1.165, 1.54) is 18.4 Å². The van der Waals surface area contributed by atoms with Gasteiger partial charge in [0.2, 0.25) is 5.88 Å². The molecule has 23 heavy (non-hydrogen) atoms. The van der Waals surface area contributed by atoms with Crippen LogP contribution in [0.25, 0.3) is 0 Å². The lowest BCUT2D eigenvalue weighted by Gasteiger charge is -2.22. The molecule has 0 radical (unpaired) electrons. The van der Waals surface area contributed by atoms with E-state index in [1.807, 2.05) is 31.4 Å². The Hall–Kier alpha value is -1.92. The summed E-state index contributed by atoms with van der Waals surface area (Å²) in [5, 5.41) is 10.7. The standard InChI is InChI=1S/C9H15N3.C8H12N2O/c1-8-5-11-12(7-8)9-3-2-4-10-6-9;1-9-6-7-4-3-5-8(10-7)11-2/h5,7,9-10H,2-4,6H2,1H3;3-5,9H,6H2,1-2H3/t9-;/m0./s1. The molecule has 126 valence electrons. The van der Waals surface area contributed by atoms with Gasteiger partial charge in [-0.3, -0.25) is 4.68 Å². The topological polar surface area (TPSA) is 64.0 Å². The van der Waals surface area contributed by atoms with E-state index in [2.05, 4.69) is 38.5 Å². The number of piperidine rings is 1. The summed E-state index contributed by atoms with van der Waals surface area (Å²) in [4.78, 5) is 4.20. The molecule has 0 bridgehead atoms. The van der Waals surface area contributed by atoms with Gasteiger partial charge in [0.05, 0.1) is 25.0 Å². The number of hydrogen-bond acceptors (Lipinski definition) is 5. The minimum atomic E-state index is 0.576. The van der Waals surface area contributed by atoms with E-state index >= 15 is 0 Å². The lowest BCUT2D eigenvalue weighted by atomic mass is 10.1. The first kappa shape index (κ1) is 17.4. The van der Waals surface area contributed by atoms with Gasteiger partial charge in [-0.2, -0.15) is 5.10 Å². The Morgan fingerprint density at radius 2 is 2.30 bits per heavy atom. The summed E-state index contributed by atoms with van der Waals surface area (Å²) >= 11 is 0. The minimum absolute atomic E-state index is 0.576. The third-order valence-corrected chi connectivity index (χ3v) is 3.72. The van der Waals surface area contributed by atoms with Crippen molar-refractivity contribution in [2.75, 3.05) is 27.2 Å². The van der Waals surface area contributed by atoms with Gasteiger partial charge in [-0.25, -0.2) is 4.98 Å². The molecule has 2 N–H and O–H groups in total. The highest BCUT2D eigenvalue weighted by Gasteiger charge is 2.14. The number of aromatic nitrogens is 3. The van der Waals surface area contributed by atoms with Crippen molar-refractivity contribution >= 4 is 0 Å². The van der Waals surface area contributed by atoms with Crippen molar-refractivity contribution in [1.29, 1.82) is 0 Å². The van der Waals surface area contributed by atoms with Crippen molar-refractivity contribution in [1.82, 2.24) is 25.4 Å². The van der Waals surface area contributed by atoms with Crippen LogP contribution in [0, 0.1) is 6.92 Å². The molecule has 1 aliphatic heterocycles. The Morgan fingerprint density at radius 3 is 2.91 bits per heavy atom. The van der Waals surface area contributed by atoms with Gasteiger partial charge >= 0.3 is 0 Å². The maximum absolute atomic E-state index is 4.96. The van der Waals surface area contributed by atoms with Gasteiger partial charge in [-0.15, -0.1) is 0 Å². The fourth-order valence-electron chi connectivity index (χ4n) is 2.54. The van der Waals surface area contributed by atoms with Crippen LogP contribution in [0.5, 0.6) is 5.88 Å². The van der Waals surface area contributed by atoms with Crippen molar-refractivity contribution in [3.63, 3.8) is 0 Å². The molecular formula is C17H27N5O. The summed E-state index contributed by atoms with van der Waals surface area (Å²) in [5.74, 6) is 0.665. The van der Waals surface area contributed by atoms with E-state index in [0.29, 0.717) is 11.9 Å². The van der Waals surface area contributed by atoms with Crippen LogP contribution in [0.4, 0.5) is 0 Å². The van der Waals surface area contributed by atoms with E-state index < -0.39 is 0 Å². The predicted octanol–water partition coefficient (Wildman–Crippen LogP) is 1.93. The number of pyridine rings is 1. The van der Waals surface area contributed by atoms with Gasteiger partial charge in [-0.1, -0.05) is 6.07 Å². The van der Waals surface area contributed by atoms with Crippen LogP contribution in [-0.4, -0.2) is 42.0 Å². The maximum atomic E-state index is 4.96. The minimum Gasteiger partial charge on any atom is -0.481 e. The molecule has 2 aromatic rings. The molecule has 6 heteroatoms. The largest absolute Gasteiger partial charge is 0.481 e. The average molecular weight is 317 g/mol. The fraction of sp³-hybridized carbons (Fsp3) is 0.529. The number of nitrogens with one attached hydrogen (secondary N) is 2. The Balaban J connectivity index is 0.000000168. The molecule has 1 fully saturated rings. The molecule has 0 unspecified atom stereocenters. The van der Waals surface area contributed by atoms with Crippen LogP contribution in [0.3, 0.4) is 0 Å². The third kappa shape index (κ3) is 5.65. The smallest absolute Gasteiger partial charge is 0.213 e. The zero-order valence-corrected chi connectivity index (χ0v) is 14.2. The highest BCUT2D eigenvalue weighted by molar-refractivity contribution is 5.15. The zero-order chi connectivity index (χ0) is 16.5. The molecule has 0 amide bonds. The van der Waals surface area contributed by atoms with Crippen LogP contribution in [0.1, 0.15) is 30.1 Å². The number of methoxy groups -OCH3 is 1. The first-order valence-corrected chi connectivity index (χ1v) is 8.09. The van der Waals surface area contributed by atoms with Gasteiger partial charge in [0.15, 0.2) is 0 Å². The van der Waals surface area contributed by atoms with Crippen LogP contribution < -0.4 is 15.4 Å². The van der Waals surface area contributed by atoms with E-state index in [4.69, 9.17) is 4.74 Å². The highest BCUT2D eigenvalue weighted by atomic mass is 16.5. The summed E-state index contributed by atoms with van der Waals surface area (Å²) in [6.45, 7) is 5.09. The molecular weight excluding hydrogens is 290 g/mol. The first-order chi connectivity index (χ1) is 11.2. The van der Waals surface area contributed by atoms with Crippen molar-refractivity contribution in [3.8, 4) is 5.88 Å². The molecule has 6 nitrogen and oxygen atoms in total. The number of rotatable bonds is 4. The zero-order valence-electron chi connectivity index (χ0n) is 14.2. The normalized spacial score (nSPS) is 17.3. The molecule has 3 heterocycles. The van der Waals surface area contributed by atoms with Crippen LogP contribution in [-0.2, 0) is 6.54 Å². The van der Waals surface area contributed by atoms with Gasteiger partial charge in [0.25, 0.3) is 0 Å². The summed E-state index contributed by atoms with van der Waals surface area (Å²) in [6.07, 6.45) is 6.57. The molecule has 1 atom stereocenters. The van der Waals surface area contributed by atoms with Gasteiger partial charge in [0.1, 0.15) is 0 Å². The fourth-order valence-corrected chi connectivity index (χ4v) is 2.54. The van der Waals surface area contributed by atoms with Crippen LogP contribution >= 0.6 is 0 Å². The van der Waals surface area contributed by atoms with E-state index in [1.54, 1.807) is 7.11 Å². The molecule has 2 aromatic heterocycles. The Bertz CT molecular complexity index is 578. The second-order valence-electron chi connectivity index (χ2n) is 5.70. The third-order valence-electron chi connectivity index (χ3n) is 3.72. The molecule has 0 saturated carbocycles. The monoisotopic (exact) mass is 317 g/mol. The van der Waals surface area contributed by atoms with Crippen molar-refractivity contribution in [3.05, 3.63) is 41.9 Å². The van der Waals surface area contributed by atoms with Gasteiger partial charge < -0.3 is 15.4 Å². The van der Waals surface area contributed by atoms with Crippen molar-refractivity contribution < 1.29 is 4.74 Å². The van der Waals surface area contributed by atoms with Gasteiger partial charge in [-0.05, 0) is 45.0 Å². The van der Waals surface area contributed by atoms with E-state index in [9.17, 15) is 0 Å². The highest BCUT2D eigenvalue weighted by Crippen LogP contribution is 2.15. The Morgan fingerprint density at radius 1 is 1.43 bits per heavy atom. The number of hydrogen-bond donors (Lipinski definition) is 2. The lowest BCUT2D eigenvalue weighted by Crippen LogP contribution is -2.31. The van der Waals surface area contributed by atoms with Crippen molar-refractivity contribution in [2.24, 2.45) is 0 Å². The van der Waals surface area contributed by atoms with E-state index in [0.717, 1.165) is 25.3 Å². The molecule has 0 spiro atoms. The predicted molar refractivity (Wildman–Crippen MR) is 91.7 cm³/mol. The molecule has 1 aliphatic rings. The summed E-state index contributed by atoms with van der Waals surface area (Å²) < 4.78 is 7.05. The van der Waals surface area contributed by atoms with Crippen LogP contribution in [0.2, 0.25) is 0 Å². The number of nitrogens with zero attached hydrogens (tertiary/aromatic N) is 3. The van der Waals surface area contributed by atoms with Crippen molar-refractivity contribution in [2.45, 2.75) is 32.4 Å². The summed E-state index contributed by atoms with van der Waals surface area (Å²) in [5.41, 5.74) is 2.24. The second-order valence-corrected chi connectivity index (χ2v) is 5.70.